The number of hydrogen-bond donors (Lipinski definition) is 1. The first-order valence-electron chi connectivity index (χ1n) is 9.87. The highest BCUT2D eigenvalue weighted by molar-refractivity contribution is 6.33. The maximum atomic E-state index is 12.1. The van der Waals surface area contributed by atoms with Gasteiger partial charge in [-0.2, -0.15) is 5.11 Å². The Labute approximate surface area is 190 Å². The quantitative estimate of drug-likeness (QED) is 0.178. The number of halogens is 1. The van der Waals surface area contributed by atoms with Crippen LogP contribution in [0.15, 0.2) is 71.8 Å². The second-order valence-corrected chi connectivity index (χ2v) is 7.23. The minimum atomic E-state index is -0.507. The third-order valence-electron chi connectivity index (χ3n) is 4.90. The van der Waals surface area contributed by atoms with Crippen LogP contribution in [-0.4, -0.2) is 30.6 Å². The molecule has 9 heteroatoms. The normalized spacial score (nSPS) is 10.4. The number of nitro benzene ring substituents is 1. The Kier molecular flexibility index (Phi) is 7.51. The molecule has 8 nitrogen and oxygen atoms in total. The van der Waals surface area contributed by atoms with Gasteiger partial charge in [-0.25, -0.2) is 10.3 Å². The molecule has 0 saturated heterocycles. The molecule has 0 fully saturated rings. The molecule has 0 heterocycles. The lowest BCUT2D eigenvalue weighted by atomic mass is 10.0. The molecular formula is C23H21ClN4O4. The second-order valence-electron chi connectivity index (χ2n) is 6.82. The highest BCUT2D eigenvalue weighted by Crippen LogP contribution is 2.37. The molecule has 0 aliphatic carbocycles. The van der Waals surface area contributed by atoms with Crippen LogP contribution in [0.4, 0.5) is 17.1 Å². The predicted molar refractivity (Wildman–Crippen MR) is 123 cm³/mol. The van der Waals surface area contributed by atoms with Crippen molar-refractivity contribution in [2.24, 2.45) is 5.11 Å². The number of benzene rings is 3. The SMILES string of the molecule is CCN(CCOC(=O)c1ccccc1)c1ccc(-c2ccc([N+](=O)[O-])cc2Cl)cc1N=N. The number of nitro groups is 1. The zero-order chi connectivity index (χ0) is 23.1. The van der Waals surface area contributed by atoms with Gasteiger partial charge < -0.3 is 9.64 Å². The number of hydrogen-bond acceptors (Lipinski definition) is 7. The van der Waals surface area contributed by atoms with E-state index in [1.54, 1.807) is 36.4 Å². The van der Waals surface area contributed by atoms with Gasteiger partial charge in [0, 0.05) is 24.2 Å². The third-order valence-corrected chi connectivity index (χ3v) is 5.21. The first-order chi connectivity index (χ1) is 15.4. The van der Waals surface area contributed by atoms with Gasteiger partial charge in [-0.3, -0.25) is 10.1 Å². The topological polar surface area (TPSA) is 109 Å². The molecule has 0 bridgehead atoms. The van der Waals surface area contributed by atoms with Crippen molar-refractivity contribution in [3.8, 4) is 11.1 Å². The van der Waals surface area contributed by atoms with Crippen molar-refractivity contribution < 1.29 is 14.5 Å². The maximum absolute atomic E-state index is 12.1. The van der Waals surface area contributed by atoms with Crippen LogP contribution in [0.1, 0.15) is 17.3 Å². The molecule has 0 amide bonds. The summed E-state index contributed by atoms with van der Waals surface area (Å²) in [5.74, 6) is -0.393. The molecule has 0 aromatic heterocycles. The fourth-order valence-corrected chi connectivity index (χ4v) is 3.54. The van der Waals surface area contributed by atoms with Gasteiger partial charge in [0.05, 0.1) is 27.7 Å². The third kappa shape index (κ3) is 5.28. The molecule has 0 aliphatic heterocycles. The van der Waals surface area contributed by atoms with Crippen LogP contribution in [0, 0.1) is 15.6 Å². The molecule has 3 aromatic carbocycles. The number of ether oxygens (including phenoxy) is 1. The van der Waals surface area contributed by atoms with Gasteiger partial charge in [0.1, 0.15) is 12.3 Å². The Morgan fingerprint density at radius 2 is 1.91 bits per heavy atom. The van der Waals surface area contributed by atoms with Gasteiger partial charge >= 0.3 is 5.97 Å². The summed E-state index contributed by atoms with van der Waals surface area (Å²) in [7, 11) is 0. The maximum Gasteiger partial charge on any atom is 0.338 e. The Morgan fingerprint density at radius 3 is 2.53 bits per heavy atom. The molecule has 0 atom stereocenters. The predicted octanol–water partition coefficient (Wildman–Crippen LogP) is 6.26. The van der Waals surface area contributed by atoms with Gasteiger partial charge in [0.25, 0.3) is 5.69 Å². The lowest BCUT2D eigenvalue weighted by Gasteiger charge is -2.24. The van der Waals surface area contributed by atoms with Crippen LogP contribution >= 0.6 is 11.6 Å². The van der Waals surface area contributed by atoms with Gasteiger partial charge in [0.15, 0.2) is 0 Å². The number of carbonyl (C=O) groups is 1. The molecule has 3 rings (SSSR count). The van der Waals surface area contributed by atoms with Crippen molar-refractivity contribution in [2.45, 2.75) is 6.92 Å². The summed E-state index contributed by atoms with van der Waals surface area (Å²) in [6.45, 7) is 3.17. The van der Waals surface area contributed by atoms with Crippen molar-refractivity contribution in [2.75, 3.05) is 24.6 Å². The van der Waals surface area contributed by atoms with Crippen molar-refractivity contribution >= 4 is 34.6 Å². The summed E-state index contributed by atoms with van der Waals surface area (Å²) in [5, 5.41) is 14.8. The minimum absolute atomic E-state index is 0.0945. The van der Waals surface area contributed by atoms with Crippen LogP contribution in [0.2, 0.25) is 5.02 Å². The molecule has 1 N–H and O–H groups in total. The van der Waals surface area contributed by atoms with Crippen molar-refractivity contribution in [1.82, 2.24) is 0 Å². The molecule has 32 heavy (non-hydrogen) atoms. The van der Waals surface area contributed by atoms with Gasteiger partial charge in [0.2, 0.25) is 0 Å². The number of non-ortho nitro benzene ring substituents is 1. The Hall–Kier alpha value is -3.78. The van der Waals surface area contributed by atoms with Crippen LogP contribution in [-0.2, 0) is 4.74 Å². The van der Waals surface area contributed by atoms with E-state index in [2.05, 4.69) is 5.11 Å². The number of carbonyl (C=O) groups excluding carboxylic acids is 1. The number of nitrogens with zero attached hydrogens (tertiary/aromatic N) is 3. The summed E-state index contributed by atoms with van der Waals surface area (Å²) in [5.41, 5.74) is 10.4. The summed E-state index contributed by atoms with van der Waals surface area (Å²) in [6.07, 6.45) is 0. The smallest absolute Gasteiger partial charge is 0.338 e. The molecule has 0 spiro atoms. The van der Waals surface area contributed by atoms with E-state index in [0.717, 1.165) is 0 Å². The van der Waals surface area contributed by atoms with E-state index in [0.29, 0.717) is 41.2 Å². The fourth-order valence-electron chi connectivity index (χ4n) is 3.25. The van der Waals surface area contributed by atoms with E-state index < -0.39 is 10.9 Å². The molecule has 0 aliphatic rings. The number of nitrogens with one attached hydrogen (secondary N) is 1. The summed E-state index contributed by atoms with van der Waals surface area (Å²) in [6, 6.07) is 18.3. The monoisotopic (exact) mass is 452 g/mol. The largest absolute Gasteiger partial charge is 0.460 e. The van der Waals surface area contributed by atoms with Gasteiger partial charge in [-0.05, 0) is 42.8 Å². The van der Waals surface area contributed by atoms with Crippen molar-refractivity contribution in [1.29, 1.82) is 5.53 Å². The average molecular weight is 453 g/mol. The van der Waals surface area contributed by atoms with E-state index in [9.17, 15) is 14.9 Å². The molecule has 0 radical (unpaired) electrons. The Balaban J connectivity index is 1.76. The number of esters is 1. The molecule has 0 saturated carbocycles. The van der Waals surface area contributed by atoms with Gasteiger partial charge in [-0.1, -0.05) is 35.9 Å². The highest BCUT2D eigenvalue weighted by Gasteiger charge is 2.15. The zero-order valence-corrected chi connectivity index (χ0v) is 18.1. The summed E-state index contributed by atoms with van der Waals surface area (Å²) in [4.78, 5) is 24.5. The summed E-state index contributed by atoms with van der Waals surface area (Å²) < 4.78 is 5.36. The standard InChI is InChI=1S/C23H21ClN4O4/c1-2-27(12-13-32-23(29)16-6-4-3-5-7-16)22-11-8-17(14-21(22)26-25)19-10-9-18(28(30)31)15-20(19)24/h3-11,14-15,25H,2,12-13H2,1H3. The first kappa shape index (κ1) is 22.9. The fraction of sp³-hybridized carbons (Fsp3) is 0.174. The number of anilines is 1. The van der Waals surface area contributed by atoms with Crippen LogP contribution in [0.5, 0.6) is 0 Å². The lowest BCUT2D eigenvalue weighted by molar-refractivity contribution is -0.384. The number of rotatable bonds is 9. The van der Waals surface area contributed by atoms with E-state index in [1.165, 1.54) is 12.1 Å². The molecular weight excluding hydrogens is 432 g/mol. The molecule has 3 aromatic rings. The van der Waals surface area contributed by atoms with Crippen LogP contribution in [0.3, 0.4) is 0 Å². The van der Waals surface area contributed by atoms with Crippen molar-refractivity contribution in [3.05, 3.63) is 87.4 Å². The Bertz CT molecular complexity index is 1140. The van der Waals surface area contributed by atoms with E-state index in [1.807, 2.05) is 30.0 Å². The van der Waals surface area contributed by atoms with Crippen molar-refractivity contribution in [3.63, 3.8) is 0 Å². The highest BCUT2D eigenvalue weighted by atomic mass is 35.5. The number of likely N-dealkylation sites (N-methyl/N-ethyl adjacent to an activating group) is 1. The second kappa shape index (κ2) is 10.5. The zero-order valence-electron chi connectivity index (χ0n) is 17.3. The minimum Gasteiger partial charge on any atom is -0.460 e. The van der Waals surface area contributed by atoms with E-state index >= 15 is 0 Å². The van der Waals surface area contributed by atoms with E-state index in [-0.39, 0.29) is 17.3 Å². The Morgan fingerprint density at radius 1 is 1.16 bits per heavy atom. The van der Waals surface area contributed by atoms with E-state index in [4.69, 9.17) is 21.9 Å². The average Bonchev–Trinajstić information content (AvgIpc) is 2.82. The lowest BCUT2D eigenvalue weighted by Crippen LogP contribution is -2.28. The summed E-state index contributed by atoms with van der Waals surface area (Å²) >= 11 is 6.24. The van der Waals surface area contributed by atoms with Crippen LogP contribution in [0.25, 0.3) is 11.1 Å². The molecule has 164 valence electrons. The first-order valence-corrected chi connectivity index (χ1v) is 10.2. The molecule has 0 unspecified atom stereocenters. The van der Waals surface area contributed by atoms with Gasteiger partial charge in [-0.15, -0.1) is 0 Å². The van der Waals surface area contributed by atoms with Crippen LogP contribution < -0.4 is 4.90 Å².